The topological polar surface area (TPSA) is 70.5 Å². The van der Waals surface area contributed by atoms with Gasteiger partial charge in [-0.25, -0.2) is 0 Å². The molecule has 1 aliphatic rings. The molecule has 1 unspecified atom stereocenters. The van der Waals surface area contributed by atoms with E-state index in [1.807, 2.05) is 28.8 Å². The summed E-state index contributed by atoms with van der Waals surface area (Å²) in [5.41, 5.74) is 0. The summed E-state index contributed by atoms with van der Waals surface area (Å²) in [4.78, 5) is 27.2. The van der Waals surface area contributed by atoms with Crippen molar-refractivity contribution in [2.24, 2.45) is 0 Å². The van der Waals surface area contributed by atoms with Crippen molar-refractivity contribution in [1.29, 1.82) is 0 Å². The minimum atomic E-state index is -0.218. The fourth-order valence-electron chi connectivity index (χ4n) is 2.43. The third-order valence-corrected chi connectivity index (χ3v) is 3.76. The lowest BCUT2D eigenvalue weighted by Gasteiger charge is -2.35. The molecule has 1 fully saturated rings. The van der Waals surface area contributed by atoms with E-state index in [-0.39, 0.29) is 17.9 Å². The van der Waals surface area contributed by atoms with E-state index in [2.05, 4.69) is 10.4 Å². The number of nitrogens with zero attached hydrogens (tertiary/aromatic N) is 4. The van der Waals surface area contributed by atoms with Crippen LogP contribution in [0.3, 0.4) is 0 Å². The Hall–Kier alpha value is -1.89. The summed E-state index contributed by atoms with van der Waals surface area (Å²) in [6.45, 7) is 7.36. The second-order valence-corrected chi connectivity index (χ2v) is 5.28. The van der Waals surface area contributed by atoms with Crippen molar-refractivity contribution in [2.75, 3.05) is 32.7 Å². The van der Waals surface area contributed by atoms with Crippen molar-refractivity contribution in [2.45, 2.75) is 26.4 Å². The third kappa shape index (κ3) is 4.29. The summed E-state index contributed by atoms with van der Waals surface area (Å²) in [6, 6.07) is 1.66. The molecule has 1 aromatic rings. The van der Waals surface area contributed by atoms with Gasteiger partial charge in [-0.15, -0.1) is 0 Å². The Morgan fingerprint density at radius 1 is 1.24 bits per heavy atom. The molecule has 21 heavy (non-hydrogen) atoms. The van der Waals surface area contributed by atoms with Gasteiger partial charge in [0.05, 0.1) is 12.6 Å². The summed E-state index contributed by atoms with van der Waals surface area (Å²) < 4.78 is 1.83. The highest BCUT2D eigenvalue weighted by Gasteiger charge is 2.25. The molecule has 2 rings (SSSR count). The molecule has 1 aliphatic heterocycles. The molecule has 116 valence electrons. The standard InChI is InChI=1S/C14H23N5O2/c1-12(15-5-7-19-6-3-4-16-19)14(21)18-10-8-17(9-11-18)13(2)20/h3-4,6,12,15H,5,7-11H2,1-2H3. The van der Waals surface area contributed by atoms with Gasteiger partial charge in [-0.2, -0.15) is 5.10 Å². The molecular weight excluding hydrogens is 270 g/mol. The van der Waals surface area contributed by atoms with Crippen molar-refractivity contribution in [3.63, 3.8) is 0 Å². The molecule has 0 saturated carbocycles. The van der Waals surface area contributed by atoms with Crippen LogP contribution in [0.2, 0.25) is 0 Å². The monoisotopic (exact) mass is 293 g/mol. The smallest absolute Gasteiger partial charge is 0.239 e. The lowest BCUT2D eigenvalue weighted by molar-refractivity contribution is -0.139. The van der Waals surface area contributed by atoms with Gasteiger partial charge in [0, 0.05) is 52.0 Å². The second kappa shape index (κ2) is 7.21. The highest BCUT2D eigenvalue weighted by Crippen LogP contribution is 2.04. The molecule has 1 aromatic heterocycles. The quantitative estimate of drug-likeness (QED) is 0.798. The SMILES string of the molecule is CC(=O)N1CCN(C(=O)C(C)NCCn2cccn2)CC1. The zero-order chi connectivity index (χ0) is 15.2. The maximum Gasteiger partial charge on any atom is 0.239 e. The number of aromatic nitrogens is 2. The number of hydrogen-bond acceptors (Lipinski definition) is 4. The highest BCUT2D eigenvalue weighted by molar-refractivity contribution is 5.82. The van der Waals surface area contributed by atoms with Crippen LogP contribution >= 0.6 is 0 Å². The maximum atomic E-state index is 12.3. The summed E-state index contributed by atoms with van der Waals surface area (Å²) in [5.74, 6) is 0.172. The van der Waals surface area contributed by atoms with Gasteiger partial charge in [-0.3, -0.25) is 14.3 Å². The molecule has 1 saturated heterocycles. The number of rotatable bonds is 5. The predicted octanol–water partition coefficient (Wildman–Crippen LogP) is -0.448. The number of hydrogen-bond donors (Lipinski definition) is 1. The highest BCUT2D eigenvalue weighted by atomic mass is 16.2. The Morgan fingerprint density at radius 3 is 2.48 bits per heavy atom. The van der Waals surface area contributed by atoms with E-state index in [1.165, 1.54) is 0 Å². The van der Waals surface area contributed by atoms with Crippen molar-refractivity contribution in [3.05, 3.63) is 18.5 Å². The molecule has 0 bridgehead atoms. The predicted molar refractivity (Wildman–Crippen MR) is 78.5 cm³/mol. The van der Waals surface area contributed by atoms with E-state index in [0.717, 1.165) is 6.54 Å². The summed E-state index contributed by atoms with van der Waals surface area (Å²) in [6.07, 6.45) is 3.64. The summed E-state index contributed by atoms with van der Waals surface area (Å²) in [5, 5.41) is 7.34. The molecule has 2 amide bonds. The van der Waals surface area contributed by atoms with E-state index in [9.17, 15) is 9.59 Å². The van der Waals surface area contributed by atoms with Crippen LogP contribution in [0.4, 0.5) is 0 Å². The van der Waals surface area contributed by atoms with Crippen LogP contribution in [0.25, 0.3) is 0 Å². The number of amides is 2. The van der Waals surface area contributed by atoms with Crippen molar-refractivity contribution < 1.29 is 9.59 Å². The summed E-state index contributed by atoms with van der Waals surface area (Å²) in [7, 11) is 0. The fourth-order valence-corrected chi connectivity index (χ4v) is 2.43. The van der Waals surface area contributed by atoms with Crippen molar-refractivity contribution >= 4 is 11.8 Å². The Kier molecular flexibility index (Phi) is 5.32. The Labute approximate surface area is 124 Å². The van der Waals surface area contributed by atoms with Crippen LogP contribution in [0.5, 0.6) is 0 Å². The molecule has 0 spiro atoms. The number of nitrogens with one attached hydrogen (secondary N) is 1. The van der Waals surface area contributed by atoms with Crippen LogP contribution in [0.1, 0.15) is 13.8 Å². The second-order valence-electron chi connectivity index (χ2n) is 5.28. The van der Waals surface area contributed by atoms with Gasteiger partial charge in [-0.1, -0.05) is 0 Å². The van der Waals surface area contributed by atoms with Gasteiger partial charge in [-0.05, 0) is 13.0 Å². The van der Waals surface area contributed by atoms with E-state index in [1.54, 1.807) is 18.0 Å². The molecular formula is C14H23N5O2. The van der Waals surface area contributed by atoms with E-state index >= 15 is 0 Å². The lowest BCUT2D eigenvalue weighted by atomic mass is 10.2. The first kappa shape index (κ1) is 15.5. The average Bonchev–Trinajstić information content (AvgIpc) is 2.99. The number of piperazine rings is 1. The molecule has 7 heteroatoms. The lowest BCUT2D eigenvalue weighted by Crippen LogP contribution is -2.54. The zero-order valence-corrected chi connectivity index (χ0v) is 12.7. The Balaban J connectivity index is 1.71. The molecule has 0 aromatic carbocycles. The number of carbonyl (C=O) groups excluding carboxylic acids is 2. The van der Waals surface area contributed by atoms with Crippen LogP contribution in [-0.2, 0) is 16.1 Å². The van der Waals surface area contributed by atoms with Gasteiger partial charge in [0.1, 0.15) is 0 Å². The van der Waals surface area contributed by atoms with Crippen LogP contribution in [-0.4, -0.2) is 70.2 Å². The van der Waals surface area contributed by atoms with Crippen molar-refractivity contribution in [3.8, 4) is 0 Å². The Morgan fingerprint density at radius 2 is 1.90 bits per heavy atom. The van der Waals surface area contributed by atoms with Gasteiger partial charge >= 0.3 is 0 Å². The number of carbonyl (C=O) groups is 2. The first-order valence-corrected chi connectivity index (χ1v) is 7.33. The van der Waals surface area contributed by atoms with Crippen LogP contribution in [0, 0.1) is 0 Å². The van der Waals surface area contributed by atoms with Crippen LogP contribution < -0.4 is 5.32 Å². The minimum absolute atomic E-state index is 0.0764. The van der Waals surface area contributed by atoms with E-state index in [4.69, 9.17) is 0 Å². The minimum Gasteiger partial charge on any atom is -0.339 e. The van der Waals surface area contributed by atoms with Gasteiger partial charge < -0.3 is 15.1 Å². The molecule has 7 nitrogen and oxygen atoms in total. The molecule has 0 aliphatic carbocycles. The maximum absolute atomic E-state index is 12.3. The normalized spacial score (nSPS) is 16.9. The largest absolute Gasteiger partial charge is 0.339 e. The van der Waals surface area contributed by atoms with Gasteiger partial charge in [0.15, 0.2) is 0 Å². The molecule has 1 N–H and O–H groups in total. The molecule has 1 atom stereocenters. The third-order valence-electron chi connectivity index (χ3n) is 3.76. The Bertz CT molecular complexity index is 466. The molecule has 0 radical (unpaired) electrons. The van der Waals surface area contributed by atoms with Crippen molar-refractivity contribution in [1.82, 2.24) is 24.9 Å². The molecule has 2 heterocycles. The van der Waals surface area contributed by atoms with Crippen LogP contribution in [0.15, 0.2) is 18.5 Å². The van der Waals surface area contributed by atoms with E-state index in [0.29, 0.717) is 32.7 Å². The van der Waals surface area contributed by atoms with E-state index < -0.39 is 0 Å². The first-order chi connectivity index (χ1) is 10.1. The first-order valence-electron chi connectivity index (χ1n) is 7.33. The van der Waals surface area contributed by atoms with Gasteiger partial charge in [0.2, 0.25) is 11.8 Å². The zero-order valence-electron chi connectivity index (χ0n) is 12.7. The summed E-state index contributed by atoms with van der Waals surface area (Å²) >= 11 is 0. The average molecular weight is 293 g/mol. The fraction of sp³-hybridized carbons (Fsp3) is 0.643. The van der Waals surface area contributed by atoms with Gasteiger partial charge in [0.25, 0.3) is 0 Å².